The lowest BCUT2D eigenvalue weighted by atomic mass is 9.67. The Labute approximate surface area is 414 Å². The van der Waals surface area contributed by atoms with Gasteiger partial charge in [0.2, 0.25) is 0 Å². The van der Waals surface area contributed by atoms with Crippen molar-refractivity contribution in [2.24, 2.45) is 0 Å². The maximum atomic E-state index is 5.26. The third-order valence-electron chi connectivity index (χ3n) is 14.4. The Morgan fingerprint density at radius 2 is 0.662 bits per heavy atom. The first-order valence-corrected chi connectivity index (χ1v) is 24.4. The van der Waals surface area contributed by atoms with Gasteiger partial charge in [-0.05, 0) is 113 Å². The minimum Gasteiger partial charge on any atom is -0.228 e. The van der Waals surface area contributed by atoms with Crippen LogP contribution >= 0.6 is 0 Å². The van der Waals surface area contributed by atoms with Crippen LogP contribution < -0.4 is 0 Å². The Morgan fingerprint density at radius 1 is 0.225 bits per heavy atom. The highest BCUT2D eigenvalue weighted by Gasteiger charge is 2.46. The molecule has 0 bridgehead atoms. The van der Waals surface area contributed by atoms with Gasteiger partial charge in [0.05, 0.1) is 16.8 Å². The minimum absolute atomic E-state index is 0.420. The van der Waals surface area contributed by atoms with Crippen molar-refractivity contribution in [2.75, 3.05) is 0 Å². The molecule has 0 unspecified atom stereocenters. The average Bonchev–Trinajstić information content (AvgIpc) is 3.76. The number of fused-ring (bicyclic) bond motifs is 4. The zero-order chi connectivity index (χ0) is 47.1. The summed E-state index contributed by atoms with van der Waals surface area (Å²) in [6.45, 7) is 0. The lowest BCUT2D eigenvalue weighted by Gasteiger charge is -2.33. The molecule has 0 saturated heterocycles. The smallest absolute Gasteiger partial charge is 0.160 e. The van der Waals surface area contributed by atoms with Crippen molar-refractivity contribution in [1.29, 1.82) is 0 Å². The van der Waals surface area contributed by atoms with Crippen molar-refractivity contribution in [1.82, 2.24) is 9.97 Å². The summed E-state index contributed by atoms with van der Waals surface area (Å²) in [6.07, 6.45) is 0. The molecule has 12 aromatic rings. The van der Waals surface area contributed by atoms with Gasteiger partial charge in [-0.15, -0.1) is 0 Å². The van der Waals surface area contributed by atoms with Crippen LogP contribution in [-0.2, 0) is 5.41 Å². The molecule has 2 nitrogen and oxygen atoms in total. The van der Waals surface area contributed by atoms with Crippen molar-refractivity contribution in [2.45, 2.75) is 5.41 Å². The van der Waals surface area contributed by atoms with Gasteiger partial charge in [-0.2, -0.15) is 0 Å². The molecule has 332 valence electrons. The van der Waals surface area contributed by atoms with Crippen LogP contribution in [-0.4, -0.2) is 9.97 Å². The van der Waals surface area contributed by atoms with Crippen molar-refractivity contribution in [3.8, 4) is 89.5 Å². The first-order valence-electron chi connectivity index (χ1n) is 24.4. The third kappa shape index (κ3) is 7.37. The lowest BCUT2D eigenvalue weighted by Crippen LogP contribution is -2.28. The summed E-state index contributed by atoms with van der Waals surface area (Å²) in [4.78, 5) is 10.4. The molecule has 1 heterocycles. The van der Waals surface area contributed by atoms with Gasteiger partial charge < -0.3 is 0 Å². The van der Waals surface area contributed by atoms with E-state index in [0.717, 1.165) is 39.0 Å². The van der Waals surface area contributed by atoms with E-state index >= 15 is 0 Å². The number of hydrogen-bond donors (Lipinski definition) is 0. The Bertz CT molecular complexity index is 3860. The molecule has 1 aliphatic rings. The van der Waals surface area contributed by atoms with E-state index in [-0.39, 0.29) is 0 Å². The predicted molar refractivity (Wildman–Crippen MR) is 295 cm³/mol. The highest BCUT2D eigenvalue weighted by molar-refractivity contribution is 6.05. The molecule has 0 spiro atoms. The van der Waals surface area contributed by atoms with Gasteiger partial charge in [0, 0.05) is 16.7 Å². The fourth-order valence-electron chi connectivity index (χ4n) is 11.1. The molecule has 13 rings (SSSR count). The molecule has 0 fully saturated rings. The Morgan fingerprint density at radius 3 is 1.32 bits per heavy atom. The Hall–Kier alpha value is -9.24. The summed E-state index contributed by atoms with van der Waals surface area (Å²) < 4.78 is 0. The van der Waals surface area contributed by atoms with E-state index in [1.165, 1.54) is 77.7 Å². The van der Waals surface area contributed by atoms with Crippen molar-refractivity contribution in [3.05, 3.63) is 301 Å². The number of rotatable bonds is 9. The Kier molecular flexibility index (Phi) is 10.4. The van der Waals surface area contributed by atoms with Gasteiger partial charge in [0.25, 0.3) is 0 Å². The van der Waals surface area contributed by atoms with Crippen molar-refractivity contribution >= 4 is 10.8 Å². The van der Waals surface area contributed by atoms with Crippen LogP contribution in [0.15, 0.2) is 279 Å². The molecule has 1 aromatic heterocycles. The quantitative estimate of drug-likeness (QED) is 0.144. The van der Waals surface area contributed by atoms with E-state index in [2.05, 4.69) is 261 Å². The zero-order valence-electron chi connectivity index (χ0n) is 39.0. The molecule has 11 aromatic carbocycles. The van der Waals surface area contributed by atoms with Crippen LogP contribution in [0, 0.1) is 0 Å². The number of benzene rings is 11. The summed E-state index contributed by atoms with van der Waals surface area (Å²) in [5.74, 6) is 0.700. The first-order chi connectivity index (χ1) is 35.2. The molecular weight excluding hydrogens is 857 g/mol. The number of aromatic nitrogens is 2. The van der Waals surface area contributed by atoms with E-state index < -0.39 is 5.41 Å². The zero-order valence-corrected chi connectivity index (χ0v) is 39.0. The molecular formula is C69H46N2. The van der Waals surface area contributed by atoms with Crippen LogP contribution in [0.4, 0.5) is 0 Å². The van der Waals surface area contributed by atoms with Gasteiger partial charge in [-0.25, -0.2) is 9.97 Å². The maximum absolute atomic E-state index is 5.26. The number of nitrogens with zero attached hydrogens (tertiary/aromatic N) is 2. The third-order valence-corrected chi connectivity index (χ3v) is 14.4. The summed E-state index contributed by atoms with van der Waals surface area (Å²) in [6, 6.07) is 101. The van der Waals surface area contributed by atoms with Gasteiger partial charge in [-0.3, -0.25) is 0 Å². The molecule has 1 aliphatic carbocycles. The highest BCUT2D eigenvalue weighted by Crippen LogP contribution is 2.56. The minimum atomic E-state index is -0.420. The predicted octanol–water partition coefficient (Wildman–Crippen LogP) is 17.7. The topological polar surface area (TPSA) is 25.8 Å². The average molecular weight is 903 g/mol. The largest absolute Gasteiger partial charge is 0.228 e. The standard InChI is InChI=1S/C69H46N2/c1-5-19-47(20-6-1)48-35-37-49(38-36-48)66-46-67(71-68(70-66)50-21-7-2-8-22-50)62-41-40-58(59-31-13-14-32-60(59)62)55-26-18-25-53(44-55)51-23-17-24-52(43-51)54-39-42-65-63(45-54)61-33-15-16-34-64(61)69(65,56-27-9-3-10-28-56)57-29-11-4-12-30-57/h1-46H. The SMILES string of the molecule is c1ccc(-c2ccc(-c3cc(-c4ccc(-c5cccc(-c6cccc(-c7ccc8c(c7)-c7ccccc7C8(c7ccccc7)c7ccccc7)c6)c5)c5ccccc45)nc(-c4ccccc4)n3)cc2)cc1. The summed E-state index contributed by atoms with van der Waals surface area (Å²) in [5, 5.41) is 2.31. The summed E-state index contributed by atoms with van der Waals surface area (Å²) in [5.41, 5.74) is 21.6. The second-order valence-corrected chi connectivity index (χ2v) is 18.4. The monoisotopic (exact) mass is 902 g/mol. The molecule has 0 aliphatic heterocycles. The maximum Gasteiger partial charge on any atom is 0.160 e. The van der Waals surface area contributed by atoms with Gasteiger partial charge >= 0.3 is 0 Å². The van der Waals surface area contributed by atoms with E-state index in [4.69, 9.17) is 9.97 Å². The summed E-state index contributed by atoms with van der Waals surface area (Å²) in [7, 11) is 0. The van der Waals surface area contributed by atoms with Gasteiger partial charge in [0.15, 0.2) is 5.82 Å². The van der Waals surface area contributed by atoms with Crippen LogP contribution in [0.2, 0.25) is 0 Å². The molecule has 0 N–H and O–H groups in total. The summed E-state index contributed by atoms with van der Waals surface area (Å²) >= 11 is 0. The van der Waals surface area contributed by atoms with E-state index in [1.54, 1.807) is 0 Å². The van der Waals surface area contributed by atoms with E-state index in [0.29, 0.717) is 5.82 Å². The first kappa shape index (κ1) is 41.9. The molecule has 2 heteroatoms. The fourth-order valence-corrected chi connectivity index (χ4v) is 11.1. The van der Waals surface area contributed by atoms with Crippen molar-refractivity contribution < 1.29 is 0 Å². The van der Waals surface area contributed by atoms with E-state index in [9.17, 15) is 0 Å². The number of hydrogen-bond acceptors (Lipinski definition) is 2. The lowest BCUT2D eigenvalue weighted by molar-refractivity contribution is 0.768. The normalized spacial score (nSPS) is 12.3. The van der Waals surface area contributed by atoms with Crippen molar-refractivity contribution in [3.63, 3.8) is 0 Å². The van der Waals surface area contributed by atoms with Crippen LogP contribution in [0.1, 0.15) is 22.3 Å². The molecule has 0 radical (unpaired) electrons. The van der Waals surface area contributed by atoms with Crippen LogP contribution in [0.25, 0.3) is 100 Å². The highest BCUT2D eigenvalue weighted by atomic mass is 14.9. The van der Waals surface area contributed by atoms with Gasteiger partial charge in [0.1, 0.15) is 0 Å². The molecule has 0 atom stereocenters. The Balaban J connectivity index is 0.868. The second-order valence-electron chi connectivity index (χ2n) is 18.4. The van der Waals surface area contributed by atoms with Crippen LogP contribution in [0.5, 0.6) is 0 Å². The molecule has 0 amide bonds. The fraction of sp³-hybridized carbons (Fsp3) is 0.0145. The van der Waals surface area contributed by atoms with E-state index in [1.807, 2.05) is 18.2 Å². The van der Waals surface area contributed by atoms with Gasteiger partial charge in [-0.1, -0.05) is 255 Å². The van der Waals surface area contributed by atoms with Crippen LogP contribution in [0.3, 0.4) is 0 Å². The molecule has 71 heavy (non-hydrogen) atoms. The second kappa shape index (κ2) is 17.7. The molecule has 0 saturated carbocycles.